The highest BCUT2D eigenvalue weighted by atomic mass is 35.5. The molecule has 34 heavy (non-hydrogen) atoms. The van der Waals surface area contributed by atoms with Gasteiger partial charge in [-0.2, -0.15) is 13.2 Å². The maximum absolute atomic E-state index is 13.0. The highest BCUT2D eigenvalue weighted by Crippen LogP contribution is 2.40. The van der Waals surface area contributed by atoms with Crippen LogP contribution in [-0.4, -0.2) is 64.8 Å². The third-order valence-corrected chi connectivity index (χ3v) is 8.64. The number of benzene rings is 2. The molecule has 176 valence electrons. The van der Waals surface area contributed by atoms with Crippen molar-refractivity contribution in [3.05, 3.63) is 69.1 Å². The second kappa shape index (κ2) is 7.69. The molecule has 0 N–H and O–H groups in total. The number of likely N-dealkylation sites (tertiary alicyclic amines) is 2. The van der Waals surface area contributed by atoms with Crippen LogP contribution in [0.15, 0.2) is 42.5 Å². The minimum atomic E-state index is -4.45. The van der Waals surface area contributed by atoms with Crippen molar-refractivity contribution in [2.24, 2.45) is 0 Å². The molecule has 0 bridgehead atoms. The van der Waals surface area contributed by atoms with E-state index in [1.54, 1.807) is 4.90 Å². The Kier molecular flexibility index (Phi) is 4.95. The number of thiophene rings is 1. The minimum Gasteiger partial charge on any atom is -0.335 e. The van der Waals surface area contributed by atoms with Crippen LogP contribution in [0, 0.1) is 0 Å². The number of halogens is 4. The van der Waals surface area contributed by atoms with Crippen molar-refractivity contribution in [3.8, 4) is 0 Å². The Morgan fingerprint density at radius 1 is 1.03 bits per heavy atom. The summed E-state index contributed by atoms with van der Waals surface area (Å²) in [6, 6.07) is 11.4. The van der Waals surface area contributed by atoms with E-state index in [2.05, 4.69) is 4.90 Å². The van der Waals surface area contributed by atoms with Crippen LogP contribution in [0.4, 0.5) is 13.2 Å². The topological polar surface area (TPSA) is 43.9 Å². The van der Waals surface area contributed by atoms with E-state index in [-0.39, 0.29) is 33.8 Å². The van der Waals surface area contributed by atoms with E-state index in [1.807, 2.05) is 29.2 Å². The van der Waals surface area contributed by atoms with Gasteiger partial charge in [0.05, 0.1) is 16.6 Å². The molecular weight excluding hydrogens is 487 g/mol. The molecule has 0 spiro atoms. The van der Waals surface area contributed by atoms with Gasteiger partial charge in [0.1, 0.15) is 4.88 Å². The van der Waals surface area contributed by atoms with Crippen LogP contribution < -0.4 is 0 Å². The van der Waals surface area contributed by atoms with E-state index in [0.717, 1.165) is 47.7 Å². The van der Waals surface area contributed by atoms with Crippen molar-refractivity contribution in [3.63, 3.8) is 0 Å². The predicted octanol–water partition coefficient (Wildman–Crippen LogP) is 4.74. The van der Waals surface area contributed by atoms with Gasteiger partial charge < -0.3 is 9.80 Å². The molecule has 0 atom stereocenters. The largest absolute Gasteiger partial charge is 0.416 e. The average Bonchev–Trinajstić information content (AvgIpc) is 3.25. The number of carbonyl (C=O) groups is 2. The Morgan fingerprint density at radius 2 is 1.76 bits per heavy atom. The summed E-state index contributed by atoms with van der Waals surface area (Å²) in [5.41, 5.74) is 1.09. The highest BCUT2D eigenvalue weighted by molar-refractivity contribution is 7.21. The fourth-order valence-electron chi connectivity index (χ4n) is 4.93. The van der Waals surface area contributed by atoms with Gasteiger partial charge in [-0.1, -0.05) is 35.9 Å². The van der Waals surface area contributed by atoms with Crippen molar-refractivity contribution in [1.82, 2.24) is 14.7 Å². The first-order valence-corrected chi connectivity index (χ1v) is 12.1. The van der Waals surface area contributed by atoms with Crippen molar-refractivity contribution < 1.29 is 22.8 Å². The lowest BCUT2D eigenvalue weighted by Crippen LogP contribution is -2.70. The number of hydrogen-bond donors (Lipinski definition) is 0. The first-order chi connectivity index (χ1) is 16.2. The van der Waals surface area contributed by atoms with Crippen LogP contribution in [-0.2, 0) is 12.7 Å². The molecule has 3 aliphatic rings. The molecule has 0 saturated carbocycles. The molecule has 6 rings (SSSR count). The molecule has 5 nitrogen and oxygen atoms in total. The molecule has 0 radical (unpaired) electrons. The summed E-state index contributed by atoms with van der Waals surface area (Å²) in [5, 5.41) is 0.667. The summed E-state index contributed by atoms with van der Waals surface area (Å²) in [4.78, 5) is 31.8. The van der Waals surface area contributed by atoms with Gasteiger partial charge in [0.25, 0.3) is 11.8 Å². The molecule has 4 heterocycles. The Hall–Kier alpha value is -2.62. The van der Waals surface area contributed by atoms with Gasteiger partial charge in [-0.15, -0.1) is 11.3 Å². The second-order valence-corrected chi connectivity index (χ2v) is 10.4. The molecule has 0 aliphatic carbocycles. The molecule has 2 amide bonds. The second-order valence-electron chi connectivity index (χ2n) is 9.02. The minimum absolute atomic E-state index is 0.0822. The van der Waals surface area contributed by atoms with E-state index in [4.69, 9.17) is 11.6 Å². The third kappa shape index (κ3) is 3.40. The zero-order chi connectivity index (χ0) is 23.8. The number of fused-ring (bicyclic) bond motifs is 2. The van der Waals surface area contributed by atoms with Crippen LogP contribution in [0.3, 0.4) is 0 Å². The SMILES string of the molecule is O=C(c1sc2cc(C(F)(F)F)ccc2c1Cl)N1CC(N2CC(N3Cc4ccccc4C3=O)C2)C1. The van der Waals surface area contributed by atoms with Crippen molar-refractivity contribution in [2.75, 3.05) is 26.2 Å². The van der Waals surface area contributed by atoms with Gasteiger partial charge in [-0.05, 0) is 23.8 Å². The molecule has 2 fully saturated rings. The Labute approximate surface area is 202 Å². The average molecular weight is 506 g/mol. The number of nitrogens with zero attached hydrogens (tertiary/aromatic N) is 3. The highest BCUT2D eigenvalue weighted by Gasteiger charge is 2.45. The summed E-state index contributed by atoms with van der Waals surface area (Å²) >= 11 is 7.36. The molecule has 10 heteroatoms. The fourth-order valence-corrected chi connectivity index (χ4v) is 6.45. The monoisotopic (exact) mass is 505 g/mol. The number of carbonyl (C=O) groups excluding carboxylic acids is 2. The number of amides is 2. The van der Waals surface area contributed by atoms with E-state index < -0.39 is 11.7 Å². The van der Waals surface area contributed by atoms with Crippen LogP contribution in [0.2, 0.25) is 5.02 Å². The normalized spacial score (nSPS) is 19.5. The quantitative estimate of drug-likeness (QED) is 0.516. The van der Waals surface area contributed by atoms with Crippen molar-refractivity contribution in [2.45, 2.75) is 24.8 Å². The van der Waals surface area contributed by atoms with Gasteiger partial charge in [-0.25, -0.2) is 0 Å². The molecular formula is C24H19ClF3N3O2S. The van der Waals surface area contributed by atoms with Gasteiger partial charge in [-0.3, -0.25) is 14.5 Å². The Balaban J connectivity index is 1.07. The van der Waals surface area contributed by atoms with Crippen LogP contribution in [0.1, 0.15) is 31.2 Å². The van der Waals surface area contributed by atoms with Crippen molar-refractivity contribution >= 4 is 44.8 Å². The maximum atomic E-state index is 13.0. The van der Waals surface area contributed by atoms with E-state index in [0.29, 0.717) is 29.7 Å². The smallest absolute Gasteiger partial charge is 0.335 e. The van der Waals surface area contributed by atoms with Crippen LogP contribution in [0.5, 0.6) is 0 Å². The van der Waals surface area contributed by atoms with Crippen LogP contribution in [0.25, 0.3) is 10.1 Å². The molecule has 0 unspecified atom stereocenters. The fraction of sp³-hybridized carbons (Fsp3) is 0.333. The predicted molar refractivity (Wildman–Crippen MR) is 123 cm³/mol. The zero-order valence-electron chi connectivity index (χ0n) is 17.8. The van der Waals surface area contributed by atoms with E-state index in [1.165, 1.54) is 6.07 Å². The number of hydrogen-bond acceptors (Lipinski definition) is 4. The summed E-state index contributed by atoms with van der Waals surface area (Å²) in [6.45, 7) is 3.27. The van der Waals surface area contributed by atoms with Gasteiger partial charge in [0.2, 0.25) is 0 Å². The lowest BCUT2D eigenvalue weighted by Gasteiger charge is -2.53. The summed E-state index contributed by atoms with van der Waals surface area (Å²) < 4.78 is 39.4. The van der Waals surface area contributed by atoms with E-state index >= 15 is 0 Å². The molecule has 1 aromatic heterocycles. The molecule has 2 saturated heterocycles. The molecule has 3 aliphatic heterocycles. The zero-order valence-corrected chi connectivity index (χ0v) is 19.4. The number of rotatable bonds is 3. The van der Waals surface area contributed by atoms with Crippen molar-refractivity contribution in [1.29, 1.82) is 0 Å². The number of alkyl halides is 3. The lowest BCUT2D eigenvalue weighted by atomic mass is 9.98. The first kappa shape index (κ1) is 21.9. The summed E-state index contributed by atoms with van der Waals surface area (Å²) in [6.07, 6.45) is -4.45. The van der Waals surface area contributed by atoms with Gasteiger partial charge in [0, 0.05) is 54.4 Å². The summed E-state index contributed by atoms with van der Waals surface area (Å²) in [5.74, 6) is -0.169. The summed E-state index contributed by atoms with van der Waals surface area (Å²) in [7, 11) is 0. The molecule has 2 aromatic carbocycles. The Bertz CT molecular complexity index is 1330. The maximum Gasteiger partial charge on any atom is 0.416 e. The van der Waals surface area contributed by atoms with E-state index in [9.17, 15) is 22.8 Å². The van der Waals surface area contributed by atoms with Gasteiger partial charge in [0.15, 0.2) is 0 Å². The van der Waals surface area contributed by atoms with Crippen LogP contribution >= 0.6 is 22.9 Å². The Morgan fingerprint density at radius 3 is 2.47 bits per heavy atom. The first-order valence-electron chi connectivity index (χ1n) is 10.9. The third-order valence-electron chi connectivity index (χ3n) is 7.00. The molecule has 3 aromatic rings. The van der Waals surface area contributed by atoms with Gasteiger partial charge >= 0.3 is 6.18 Å². The lowest BCUT2D eigenvalue weighted by molar-refractivity contribution is -0.137. The standard InChI is InChI=1S/C24H19ClF3N3O2S/c25-20-18-6-5-14(24(26,27)28)7-19(18)34-21(20)23(33)30-9-15(10-30)29-11-16(12-29)31-8-13-3-1-2-4-17(13)22(31)32/h1-7,15-16H,8-12H2.